The van der Waals surface area contributed by atoms with Gasteiger partial charge in [-0.2, -0.15) is 0 Å². The molecule has 1 aliphatic rings. The molecule has 1 aliphatic heterocycles. The van der Waals surface area contributed by atoms with Crippen molar-refractivity contribution < 1.29 is 18.3 Å². The number of hydrogen-bond acceptors (Lipinski definition) is 4. The summed E-state index contributed by atoms with van der Waals surface area (Å²) in [6.45, 7) is 4.34. The third-order valence-corrected chi connectivity index (χ3v) is 3.54. The smallest absolute Gasteiger partial charge is 0.167 e. The highest BCUT2D eigenvalue weighted by molar-refractivity contribution is 5.48. The molecule has 0 amide bonds. The van der Waals surface area contributed by atoms with E-state index in [-0.39, 0.29) is 17.1 Å². The maximum atomic E-state index is 14.0. The molecule has 2 rings (SSSR count). The number of methoxy groups -OCH3 is 2. The largest absolute Gasteiger partial charge is 0.493 e. The van der Waals surface area contributed by atoms with Gasteiger partial charge in [0.15, 0.2) is 23.1 Å². The predicted molar refractivity (Wildman–Crippen MR) is 72.5 cm³/mol. The quantitative estimate of drug-likeness (QED) is 0.888. The molecule has 1 saturated heterocycles. The Labute approximate surface area is 117 Å². The maximum absolute atomic E-state index is 14.0. The van der Waals surface area contributed by atoms with Crippen LogP contribution in [0.5, 0.6) is 11.5 Å². The molecule has 0 saturated carbocycles. The van der Waals surface area contributed by atoms with E-state index in [4.69, 9.17) is 9.47 Å². The summed E-state index contributed by atoms with van der Waals surface area (Å²) in [6, 6.07) is 1.02. The molecule has 0 unspecified atom stereocenters. The number of hydrogen-bond donors (Lipinski definition) is 1. The molecule has 0 spiro atoms. The second-order valence-electron chi connectivity index (χ2n) is 4.73. The number of nitrogens with one attached hydrogen (secondary N) is 1. The lowest BCUT2D eigenvalue weighted by atomic mass is 10.1. The van der Waals surface area contributed by atoms with Crippen LogP contribution in [0.3, 0.4) is 0 Å². The van der Waals surface area contributed by atoms with Crippen molar-refractivity contribution in [3.05, 3.63) is 23.3 Å². The summed E-state index contributed by atoms with van der Waals surface area (Å²) in [5.74, 6) is -1.25. The first-order chi connectivity index (χ1) is 9.67. The maximum Gasteiger partial charge on any atom is 0.167 e. The van der Waals surface area contributed by atoms with Gasteiger partial charge in [0, 0.05) is 44.4 Å². The highest BCUT2D eigenvalue weighted by atomic mass is 19.2. The van der Waals surface area contributed by atoms with Crippen LogP contribution < -0.4 is 14.8 Å². The van der Waals surface area contributed by atoms with Gasteiger partial charge in [0.2, 0.25) is 0 Å². The lowest BCUT2D eigenvalue weighted by Gasteiger charge is -2.27. The Morgan fingerprint density at radius 1 is 1.20 bits per heavy atom. The summed E-state index contributed by atoms with van der Waals surface area (Å²) in [5.41, 5.74) is 0.239. The number of benzene rings is 1. The lowest BCUT2D eigenvalue weighted by Crippen LogP contribution is -2.44. The van der Waals surface area contributed by atoms with E-state index in [9.17, 15) is 8.78 Å². The van der Waals surface area contributed by atoms with Crippen molar-refractivity contribution in [3.8, 4) is 11.5 Å². The Bertz CT molecular complexity index is 463. The van der Waals surface area contributed by atoms with Gasteiger partial charge in [-0.3, -0.25) is 0 Å². The number of piperazine rings is 1. The van der Waals surface area contributed by atoms with E-state index in [0.717, 1.165) is 32.2 Å². The standard InChI is InChI=1S/C14H20F2N2O2/c1-19-12-9-11(15)13(16)10(14(12)20-2)3-6-18-7-4-17-5-8-18/h9,17H,3-8H2,1-2H3. The monoisotopic (exact) mass is 286 g/mol. The summed E-state index contributed by atoms with van der Waals surface area (Å²) in [7, 11) is 2.85. The molecule has 0 radical (unpaired) electrons. The van der Waals surface area contributed by atoms with Crippen LogP contribution in [0.4, 0.5) is 8.78 Å². The van der Waals surface area contributed by atoms with Crippen molar-refractivity contribution in [1.29, 1.82) is 0 Å². The van der Waals surface area contributed by atoms with Gasteiger partial charge in [-0.25, -0.2) is 8.78 Å². The average molecular weight is 286 g/mol. The van der Waals surface area contributed by atoms with E-state index in [1.165, 1.54) is 14.2 Å². The average Bonchev–Trinajstić information content (AvgIpc) is 2.49. The first kappa shape index (κ1) is 15.0. The minimum atomic E-state index is -0.905. The van der Waals surface area contributed by atoms with Crippen LogP contribution in [0, 0.1) is 11.6 Å². The molecule has 1 N–H and O–H groups in total. The normalized spacial score (nSPS) is 16.2. The van der Waals surface area contributed by atoms with Gasteiger partial charge in [-0.15, -0.1) is 0 Å². The minimum Gasteiger partial charge on any atom is -0.493 e. The molecule has 1 heterocycles. The van der Waals surface area contributed by atoms with Crippen LogP contribution in [0.1, 0.15) is 5.56 Å². The van der Waals surface area contributed by atoms with E-state index in [0.29, 0.717) is 13.0 Å². The second-order valence-corrected chi connectivity index (χ2v) is 4.73. The molecule has 6 heteroatoms. The Hall–Kier alpha value is -1.40. The Kier molecular flexibility index (Phi) is 5.14. The van der Waals surface area contributed by atoms with Gasteiger partial charge in [0.1, 0.15) is 0 Å². The predicted octanol–water partition coefficient (Wildman–Crippen LogP) is 1.43. The minimum absolute atomic E-state index is 0.224. The van der Waals surface area contributed by atoms with Crippen molar-refractivity contribution in [1.82, 2.24) is 10.2 Å². The van der Waals surface area contributed by atoms with Gasteiger partial charge in [0.25, 0.3) is 0 Å². The van der Waals surface area contributed by atoms with Gasteiger partial charge in [-0.1, -0.05) is 0 Å². The number of rotatable bonds is 5. The number of ether oxygens (including phenoxy) is 2. The molecule has 0 atom stereocenters. The van der Waals surface area contributed by atoms with Crippen molar-refractivity contribution in [2.45, 2.75) is 6.42 Å². The van der Waals surface area contributed by atoms with Gasteiger partial charge in [0.05, 0.1) is 14.2 Å². The number of halogens is 2. The van der Waals surface area contributed by atoms with E-state index in [1.54, 1.807) is 0 Å². The van der Waals surface area contributed by atoms with Crippen molar-refractivity contribution in [3.63, 3.8) is 0 Å². The van der Waals surface area contributed by atoms with Crippen molar-refractivity contribution in [2.24, 2.45) is 0 Å². The van der Waals surface area contributed by atoms with Gasteiger partial charge >= 0.3 is 0 Å². The molecule has 1 aromatic carbocycles. The molecular formula is C14H20F2N2O2. The van der Waals surface area contributed by atoms with E-state index >= 15 is 0 Å². The Balaban J connectivity index is 2.18. The van der Waals surface area contributed by atoms with Crippen LogP contribution >= 0.6 is 0 Å². The molecule has 4 nitrogen and oxygen atoms in total. The molecule has 0 aliphatic carbocycles. The lowest BCUT2D eigenvalue weighted by molar-refractivity contribution is 0.241. The summed E-state index contributed by atoms with van der Waals surface area (Å²) in [6.07, 6.45) is 0.392. The highest BCUT2D eigenvalue weighted by Crippen LogP contribution is 2.34. The zero-order valence-electron chi connectivity index (χ0n) is 11.8. The van der Waals surface area contributed by atoms with Crippen molar-refractivity contribution in [2.75, 3.05) is 46.9 Å². The van der Waals surface area contributed by atoms with Gasteiger partial charge in [-0.05, 0) is 6.42 Å². The molecule has 20 heavy (non-hydrogen) atoms. The number of nitrogens with zero attached hydrogens (tertiary/aromatic N) is 1. The molecule has 112 valence electrons. The highest BCUT2D eigenvalue weighted by Gasteiger charge is 2.21. The van der Waals surface area contributed by atoms with Crippen LogP contribution in [0.2, 0.25) is 0 Å². The van der Waals surface area contributed by atoms with Crippen LogP contribution in [-0.2, 0) is 6.42 Å². The summed E-state index contributed by atoms with van der Waals surface area (Å²) < 4.78 is 37.8. The fourth-order valence-corrected chi connectivity index (χ4v) is 2.44. The summed E-state index contributed by atoms with van der Waals surface area (Å²) in [5, 5.41) is 3.25. The Morgan fingerprint density at radius 3 is 2.50 bits per heavy atom. The van der Waals surface area contributed by atoms with Gasteiger partial charge < -0.3 is 19.7 Å². The molecule has 1 aromatic rings. The molecule has 0 aromatic heterocycles. The van der Waals surface area contributed by atoms with Crippen LogP contribution in [0.25, 0.3) is 0 Å². The fourth-order valence-electron chi connectivity index (χ4n) is 2.44. The zero-order valence-corrected chi connectivity index (χ0v) is 11.8. The summed E-state index contributed by atoms with van der Waals surface area (Å²) in [4.78, 5) is 2.22. The van der Waals surface area contributed by atoms with E-state index in [2.05, 4.69) is 10.2 Å². The van der Waals surface area contributed by atoms with Crippen LogP contribution in [0.15, 0.2) is 6.07 Å². The van der Waals surface area contributed by atoms with E-state index in [1.807, 2.05) is 0 Å². The Morgan fingerprint density at radius 2 is 1.90 bits per heavy atom. The second kappa shape index (κ2) is 6.85. The third kappa shape index (κ3) is 3.19. The molecular weight excluding hydrogens is 266 g/mol. The van der Waals surface area contributed by atoms with Crippen LogP contribution in [-0.4, -0.2) is 51.8 Å². The summed E-state index contributed by atoms with van der Waals surface area (Å²) >= 11 is 0. The molecule has 0 bridgehead atoms. The fraction of sp³-hybridized carbons (Fsp3) is 0.571. The van der Waals surface area contributed by atoms with E-state index < -0.39 is 11.6 Å². The first-order valence-electron chi connectivity index (χ1n) is 6.69. The molecule has 1 fully saturated rings. The third-order valence-electron chi connectivity index (χ3n) is 3.54. The topological polar surface area (TPSA) is 33.7 Å². The SMILES string of the molecule is COc1cc(F)c(F)c(CCN2CCNCC2)c1OC. The van der Waals surface area contributed by atoms with Crippen molar-refractivity contribution >= 4 is 0 Å². The first-order valence-corrected chi connectivity index (χ1v) is 6.69. The zero-order chi connectivity index (χ0) is 14.5.